The number of para-hydroxylation sites is 1. The van der Waals surface area contributed by atoms with Crippen LogP contribution in [0.3, 0.4) is 0 Å². The van der Waals surface area contributed by atoms with Gasteiger partial charge in [0.2, 0.25) is 0 Å². The van der Waals surface area contributed by atoms with Crippen molar-refractivity contribution in [1.82, 2.24) is 9.78 Å². The first kappa shape index (κ1) is 14.8. The first-order valence-corrected chi connectivity index (χ1v) is 7.65. The van der Waals surface area contributed by atoms with Crippen LogP contribution in [0.2, 0.25) is 0 Å². The lowest BCUT2D eigenvalue weighted by molar-refractivity contribution is 0.0926. The van der Waals surface area contributed by atoms with Gasteiger partial charge in [-0.3, -0.25) is 9.59 Å². The number of nitriles is 1. The molecule has 2 amide bonds. The lowest BCUT2D eigenvalue weighted by Gasteiger charge is -2.11. The molecule has 4 rings (SSSR count). The van der Waals surface area contributed by atoms with E-state index in [9.17, 15) is 14.9 Å². The standard InChI is InChI=1S/C19H12N4O2/c1-12-17(11-22(21-12)16-9-5-2-6-13(16)10-20)23-18(24)14-7-3-4-8-15(14)19(23)25/h2-9,11H,1H3. The third-order valence-corrected chi connectivity index (χ3v) is 4.18. The predicted octanol–water partition coefficient (Wildman–Crippen LogP) is 2.85. The summed E-state index contributed by atoms with van der Waals surface area (Å²) in [7, 11) is 0. The number of nitrogens with zero attached hydrogens (tertiary/aromatic N) is 4. The number of hydrogen-bond donors (Lipinski definition) is 0. The van der Waals surface area contributed by atoms with Crippen molar-refractivity contribution in [3.8, 4) is 11.8 Å². The Hall–Kier alpha value is -3.72. The number of aromatic nitrogens is 2. The van der Waals surface area contributed by atoms with E-state index in [1.807, 2.05) is 0 Å². The van der Waals surface area contributed by atoms with E-state index >= 15 is 0 Å². The second-order valence-corrected chi connectivity index (χ2v) is 5.66. The number of aryl methyl sites for hydroxylation is 1. The summed E-state index contributed by atoms with van der Waals surface area (Å²) < 4.78 is 1.52. The van der Waals surface area contributed by atoms with Crippen molar-refractivity contribution >= 4 is 17.5 Å². The minimum Gasteiger partial charge on any atom is -0.268 e. The van der Waals surface area contributed by atoms with Crippen LogP contribution in [0.4, 0.5) is 5.69 Å². The van der Waals surface area contributed by atoms with Crippen LogP contribution in [0.1, 0.15) is 32.0 Å². The Labute approximate surface area is 143 Å². The van der Waals surface area contributed by atoms with E-state index < -0.39 is 0 Å². The molecule has 0 saturated carbocycles. The summed E-state index contributed by atoms with van der Waals surface area (Å²) in [4.78, 5) is 26.4. The Kier molecular flexibility index (Phi) is 3.22. The number of rotatable bonds is 2. The number of imide groups is 1. The van der Waals surface area contributed by atoms with Crippen molar-refractivity contribution in [3.05, 3.63) is 77.1 Å². The quantitative estimate of drug-likeness (QED) is 0.678. The summed E-state index contributed by atoms with van der Waals surface area (Å²) in [6.45, 7) is 1.73. The first-order chi connectivity index (χ1) is 12.1. The zero-order valence-electron chi connectivity index (χ0n) is 13.3. The number of fused-ring (bicyclic) bond motifs is 1. The topological polar surface area (TPSA) is 79.0 Å². The number of carbonyl (C=O) groups excluding carboxylic acids is 2. The van der Waals surface area contributed by atoms with Gasteiger partial charge >= 0.3 is 0 Å². The van der Waals surface area contributed by atoms with E-state index in [0.29, 0.717) is 33.8 Å². The summed E-state index contributed by atoms with van der Waals surface area (Å²) in [6, 6.07) is 15.9. The fourth-order valence-corrected chi connectivity index (χ4v) is 2.97. The Bertz CT molecular complexity index is 1040. The van der Waals surface area contributed by atoms with Gasteiger partial charge in [0.1, 0.15) is 6.07 Å². The molecule has 1 aliphatic heterocycles. The molecular formula is C19H12N4O2. The van der Waals surface area contributed by atoms with Crippen molar-refractivity contribution in [2.75, 3.05) is 4.90 Å². The zero-order valence-corrected chi connectivity index (χ0v) is 13.3. The molecule has 0 saturated heterocycles. The minimum atomic E-state index is -0.364. The van der Waals surface area contributed by atoms with Gasteiger partial charge < -0.3 is 0 Å². The second kappa shape index (κ2) is 5.42. The molecule has 0 N–H and O–H groups in total. The van der Waals surface area contributed by atoms with Gasteiger partial charge in [-0.05, 0) is 31.2 Å². The molecule has 0 fully saturated rings. The van der Waals surface area contributed by atoms with E-state index in [-0.39, 0.29) is 11.8 Å². The summed E-state index contributed by atoms with van der Waals surface area (Å²) in [5, 5.41) is 13.6. The third-order valence-electron chi connectivity index (χ3n) is 4.18. The highest BCUT2D eigenvalue weighted by Gasteiger charge is 2.38. The van der Waals surface area contributed by atoms with E-state index in [0.717, 1.165) is 4.90 Å². The van der Waals surface area contributed by atoms with Crippen molar-refractivity contribution in [2.24, 2.45) is 0 Å². The molecule has 0 bridgehead atoms. The molecule has 2 heterocycles. The number of anilines is 1. The molecule has 0 unspecified atom stereocenters. The van der Waals surface area contributed by atoms with Crippen LogP contribution >= 0.6 is 0 Å². The Morgan fingerprint density at radius 1 is 0.920 bits per heavy atom. The lowest BCUT2D eigenvalue weighted by atomic mass is 10.1. The van der Waals surface area contributed by atoms with Crippen LogP contribution in [0.25, 0.3) is 5.69 Å². The summed E-state index contributed by atoms with van der Waals surface area (Å²) in [6.07, 6.45) is 1.60. The predicted molar refractivity (Wildman–Crippen MR) is 90.6 cm³/mol. The molecule has 120 valence electrons. The van der Waals surface area contributed by atoms with Gasteiger partial charge in [-0.1, -0.05) is 24.3 Å². The average Bonchev–Trinajstić information content (AvgIpc) is 3.13. The molecule has 0 aliphatic carbocycles. The van der Waals surface area contributed by atoms with Crippen LogP contribution in [-0.4, -0.2) is 21.6 Å². The van der Waals surface area contributed by atoms with Gasteiger partial charge in [-0.15, -0.1) is 0 Å². The Balaban J connectivity index is 1.82. The van der Waals surface area contributed by atoms with E-state index in [4.69, 9.17) is 0 Å². The number of hydrogen-bond acceptors (Lipinski definition) is 4. The van der Waals surface area contributed by atoms with Crippen LogP contribution in [0, 0.1) is 18.3 Å². The van der Waals surface area contributed by atoms with Crippen molar-refractivity contribution in [2.45, 2.75) is 6.92 Å². The van der Waals surface area contributed by atoms with Gasteiger partial charge in [0, 0.05) is 0 Å². The highest BCUT2D eigenvalue weighted by Crippen LogP contribution is 2.31. The SMILES string of the molecule is Cc1nn(-c2ccccc2C#N)cc1N1C(=O)c2ccccc2C1=O. The van der Waals surface area contributed by atoms with Crippen molar-refractivity contribution in [3.63, 3.8) is 0 Å². The highest BCUT2D eigenvalue weighted by atomic mass is 16.2. The lowest BCUT2D eigenvalue weighted by Crippen LogP contribution is -2.29. The molecule has 0 radical (unpaired) electrons. The van der Waals surface area contributed by atoms with E-state index in [1.54, 1.807) is 61.7 Å². The maximum absolute atomic E-state index is 12.6. The fourth-order valence-electron chi connectivity index (χ4n) is 2.97. The summed E-state index contributed by atoms with van der Waals surface area (Å²) in [5.74, 6) is -0.728. The van der Waals surface area contributed by atoms with Gasteiger partial charge in [-0.2, -0.15) is 10.4 Å². The zero-order chi connectivity index (χ0) is 17.6. The number of amides is 2. The van der Waals surface area contributed by atoms with Crippen LogP contribution < -0.4 is 4.90 Å². The van der Waals surface area contributed by atoms with Crippen LogP contribution in [-0.2, 0) is 0 Å². The van der Waals surface area contributed by atoms with Crippen molar-refractivity contribution < 1.29 is 9.59 Å². The maximum atomic E-state index is 12.6. The van der Waals surface area contributed by atoms with Gasteiger partial charge in [-0.25, -0.2) is 9.58 Å². The molecule has 25 heavy (non-hydrogen) atoms. The largest absolute Gasteiger partial charge is 0.268 e. The maximum Gasteiger partial charge on any atom is 0.266 e. The molecule has 0 atom stereocenters. The first-order valence-electron chi connectivity index (χ1n) is 7.65. The second-order valence-electron chi connectivity index (χ2n) is 5.66. The van der Waals surface area contributed by atoms with Crippen LogP contribution in [0.5, 0.6) is 0 Å². The molecular weight excluding hydrogens is 316 g/mol. The van der Waals surface area contributed by atoms with Gasteiger partial charge in [0.25, 0.3) is 11.8 Å². The highest BCUT2D eigenvalue weighted by molar-refractivity contribution is 6.34. The van der Waals surface area contributed by atoms with Crippen molar-refractivity contribution in [1.29, 1.82) is 5.26 Å². The molecule has 1 aromatic heterocycles. The molecule has 6 heteroatoms. The third kappa shape index (κ3) is 2.14. The average molecular weight is 328 g/mol. The summed E-state index contributed by atoms with van der Waals surface area (Å²) >= 11 is 0. The van der Waals surface area contributed by atoms with E-state index in [1.165, 1.54) is 4.68 Å². The number of carbonyl (C=O) groups is 2. The van der Waals surface area contributed by atoms with Gasteiger partial charge in [0.15, 0.2) is 0 Å². The number of benzene rings is 2. The summed E-state index contributed by atoms with van der Waals surface area (Å²) in [5.41, 5.74) is 2.77. The molecule has 0 spiro atoms. The fraction of sp³-hybridized carbons (Fsp3) is 0.0526. The monoisotopic (exact) mass is 328 g/mol. The Morgan fingerprint density at radius 3 is 2.16 bits per heavy atom. The van der Waals surface area contributed by atoms with Gasteiger partial charge in [0.05, 0.1) is 40.0 Å². The molecule has 1 aliphatic rings. The molecule has 3 aromatic rings. The van der Waals surface area contributed by atoms with Crippen LogP contribution in [0.15, 0.2) is 54.7 Å². The van der Waals surface area contributed by atoms with E-state index in [2.05, 4.69) is 11.2 Å². The Morgan fingerprint density at radius 2 is 1.52 bits per heavy atom. The normalized spacial score (nSPS) is 13.0. The smallest absolute Gasteiger partial charge is 0.266 e. The minimum absolute atomic E-state index is 0.364. The molecule has 2 aromatic carbocycles. The molecule has 6 nitrogen and oxygen atoms in total.